The molecule has 2 rings (SSSR count). The number of carboxylic acid groups (broad SMARTS) is 1. The minimum absolute atomic E-state index is 0.0809. The Labute approximate surface area is 115 Å². The number of hydrogen-bond donors (Lipinski definition) is 1. The summed E-state index contributed by atoms with van der Waals surface area (Å²) in [4.78, 5) is 26.6. The standard InChI is InChI=1S/C12H17N3O3S/c1-2-14-6-3-4-11(16)15(14)7-5-10-13-9(8-19-10)12(17)18/h8H,2-7H2,1H3,(H,17,18). The first kappa shape index (κ1) is 14.0. The summed E-state index contributed by atoms with van der Waals surface area (Å²) in [6.07, 6.45) is 2.10. The van der Waals surface area contributed by atoms with Crippen molar-refractivity contribution >= 4 is 23.2 Å². The van der Waals surface area contributed by atoms with Gasteiger partial charge in [-0.15, -0.1) is 11.3 Å². The van der Waals surface area contributed by atoms with Crippen molar-refractivity contribution in [2.75, 3.05) is 19.6 Å². The molecule has 0 radical (unpaired) electrons. The molecule has 0 saturated carbocycles. The highest BCUT2D eigenvalue weighted by Crippen LogP contribution is 2.15. The Morgan fingerprint density at radius 1 is 1.58 bits per heavy atom. The van der Waals surface area contributed by atoms with Crippen LogP contribution < -0.4 is 0 Å². The molecule has 6 nitrogen and oxygen atoms in total. The molecule has 0 atom stereocenters. The SMILES string of the molecule is CCN1CCCC(=O)N1CCc1nc(C(=O)O)cs1. The molecule has 19 heavy (non-hydrogen) atoms. The maximum atomic E-state index is 11.9. The fourth-order valence-corrected chi connectivity index (χ4v) is 2.90. The van der Waals surface area contributed by atoms with Crippen LogP contribution in [0.3, 0.4) is 0 Å². The summed E-state index contributed by atoms with van der Waals surface area (Å²) in [5.41, 5.74) is 0.0809. The van der Waals surface area contributed by atoms with Crippen molar-refractivity contribution in [2.24, 2.45) is 0 Å². The fourth-order valence-electron chi connectivity index (χ4n) is 2.14. The summed E-state index contributed by atoms with van der Waals surface area (Å²) in [7, 11) is 0. The van der Waals surface area contributed by atoms with Crippen molar-refractivity contribution in [3.63, 3.8) is 0 Å². The predicted molar refractivity (Wildman–Crippen MR) is 71.0 cm³/mol. The van der Waals surface area contributed by atoms with Gasteiger partial charge in [0.2, 0.25) is 5.91 Å². The number of aromatic carboxylic acids is 1. The third kappa shape index (κ3) is 3.30. The van der Waals surface area contributed by atoms with E-state index < -0.39 is 5.97 Å². The molecule has 1 saturated heterocycles. The van der Waals surface area contributed by atoms with Gasteiger partial charge in [-0.3, -0.25) is 9.80 Å². The number of hydrogen-bond acceptors (Lipinski definition) is 5. The Balaban J connectivity index is 1.95. The highest BCUT2D eigenvalue weighted by molar-refractivity contribution is 7.09. The van der Waals surface area contributed by atoms with Gasteiger partial charge in [-0.1, -0.05) is 6.92 Å². The van der Waals surface area contributed by atoms with Crippen LogP contribution in [-0.2, 0) is 11.2 Å². The molecule has 104 valence electrons. The molecule has 0 aliphatic carbocycles. The molecule has 0 aromatic carbocycles. The molecule has 1 aliphatic heterocycles. The number of amides is 1. The van der Waals surface area contributed by atoms with Crippen LogP contribution in [0, 0.1) is 0 Å². The van der Waals surface area contributed by atoms with E-state index in [0.717, 1.165) is 24.5 Å². The number of thiazole rings is 1. The van der Waals surface area contributed by atoms with Crippen LogP contribution in [0.4, 0.5) is 0 Å². The maximum absolute atomic E-state index is 11.9. The quantitative estimate of drug-likeness (QED) is 0.880. The molecule has 0 bridgehead atoms. The smallest absolute Gasteiger partial charge is 0.355 e. The zero-order chi connectivity index (χ0) is 13.8. The summed E-state index contributed by atoms with van der Waals surface area (Å²) in [6.45, 7) is 4.31. The van der Waals surface area contributed by atoms with E-state index in [2.05, 4.69) is 4.98 Å². The molecule has 1 N–H and O–H groups in total. The number of carbonyl (C=O) groups is 2. The van der Waals surface area contributed by atoms with Crippen LogP contribution in [0.1, 0.15) is 35.3 Å². The van der Waals surface area contributed by atoms with Crippen LogP contribution in [0.25, 0.3) is 0 Å². The Kier molecular flexibility index (Phi) is 4.49. The lowest BCUT2D eigenvalue weighted by atomic mass is 10.2. The van der Waals surface area contributed by atoms with Crippen LogP contribution in [0.5, 0.6) is 0 Å². The molecule has 7 heteroatoms. The van der Waals surface area contributed by atoms with E-state index in [0.29, 0.717) is 19.4 Å². The molecule has 0 spiro atoms. The third-order valence-electron chi connectivity index (χ3n) is 3.11. The zero-order valence-electron chi connectivity index (χ0n) is 10.8. The lowest BCUT2D eigenvalue weighted by molar-refractivity contribution is -0.154. The third-order valence-corrected chi connectivity index (χ3v) is 4.02. The maximum Gasteiger partial charge on any atom is 0.355 e. The zero-order valence-corrected chi connectivity index (χ0v) is 11.7. The number of nitrogens with zero attached hydrogens (tertiary/aromatic N) is 3. The minimum atomic E-state index is -1.01. The largest absolute Gasteiger partial charge is 0.476 e. The fraction of sp³-hybridized carbons (Fsp3) is 0.583. The summed E-state index contributed by atoms with van der Waals surface area (Å²) in [6, 6.07) is 0. The molecular weight excluding hydrogens is 266 g/mol. The molecule has 1 fully saturated rings. The van der Waals surface area contributed by atoms with Gasteiger partial charge in [0.1, 0.15) is 0 Å². The molecule has 1 aromatic heterocycles. The van der Waals surface area contributed by atoms with E-state index in [9.17, 15) is 9.59 Å². The van der Waals surface area contributed by atoms with Gasteiger partial charge in [0.25, 0.3) is 0 Å². The topological polar surface area (TPSA) is 73.7 Å². The molecule has 1 aromatic rings. The monoisotopic (exact) mass is 283 g/mol. The first-order valence-electron chi connectivity index (χ1n) is 6.34. The van der Waals surface area contributed by atoms with Crippen LogP contribution >= 0.6 is 11.3 Å². The summed E-state index contributed by atoms with van der Waals surface area (Å²) < 4.78 is 0. The van der Waals surface area contributed by atoms with Gasteiger partial charge in [-0.25, -0.2) is 14.8 Å². The average Bonchev–Trinajstić information content (AvgIpc) is 2.86. The van der Waals surface area contributed by atoms with E-state index in [1.807, 2.05) is 11.9 Å². The van der Waals surface area contributed by atoms with Gasteiger partial charge in [0.15, 0.2) is 5.69 Å². The number of hydrazine groups is 1. The Bertz CT molecular complexity index is 475. The average molecular weight is 283 g/mol. The van der Waals surface area contributed by atoms with Crippen LogP contribution in [-0.4, -0.2) is 51.6 Å². The molecular formula is C12H17N3O3S. The van der Waals surface area contributed by atoms with Crippen LogP contribution in [0.15, 0.2) is 5.38 Å². The summed E-state index contributed by atoms with van der Waals surface area (Å²) in [5.74, 6) is -0.866. The second-order valence-corrected chi connectivity index (χ2v) is 5.29. The molecule has 1 amide bonds. The van der Waals surface area contributed by atoms with Gasteiger partial charge in [-0.2, -0.15) is 0 Å². The van der Waals surface area contributed by atoms with Crippen LogP contribution in [0.2, 0.25) is 0 Å². The van der Waals surface area contributed by atoms with Gasteiger partial charge in [0.05, 0.1) is 5.01 Å². The number of carbonyl (C=O) groups excluding carboxylic acids is 1. The lowest BCUT2D eigenvalue weighted by Gasteiger charge is -2.37. The Morgan fingerprint density at radius 3 is 3.00 bits per heavy atom. The normalized spacial score (nSPS) is 16.9. The molecule has 0 unspecified atom stereocenters. The first-order valence-corrected chi connectivity index (χ1v) is 7.22. The van der Waals surface area contributed by atoms with Crippen molar-refractivity contribution in [1.82, 2.24) is 15.0 Å². The van der Waals surface area contributed by atoms with Crippen molar-refractivity contribution < 1.29 is 14.7 Å². The van der Waals surface area contributed by atoms with Gasteiger partial charge in [-0.05, 0) is 6.42 Å². The van der Waals surface area contributed by atoms with Crippen molar-refractivity contribution in [1.29, 1.82) is 0 Å². The van der Waals surface area contributed by atoms with E-state index in [4.69, 9.17) is 5.11 Å². The molecule has 1 aliphatic rings. The minimum Gasteiger partial charge on any atom is -0.476 e. The second kappa shape index (κ2) is 6.12. The van der Waals surface area contributed by atoms with Crippen molar-refractivity contribution in [3.8, 4) is 0 Å². The van der Waals surface area contributed by atoms with Crippen molar-refractivity contribution in [3.05, 3.63) is 16.1 Å². The number of aromatic nitrogens is 1. The van der Waals surface area contributed by atoms with Gasteiger partial charge >= 0.3 is 5.97 Å². The van der Waals surface area contributed by atoms with E-state index in [1.165, 1.54) is 16.7 Å². The second-order valence-electron chi connectivity index (χ2n) is 4.35. The highest BCUT2D eigenvalue weighted by Gasteiger charge is 2.24. The van der Waals surface area contributed by atoms with Gasteiger partial charge < -0.3 is 5.11 Å². The lowest BCUT2D eigenvalue weighted by Crippen LogP contribution is -2.51. The predicted octanol–water partition coefficient (Wildman–Crippen LogP) is 1.24. The highest BCUT2D eigenvalue weighted by atomic mass is 32.1. The summed E-state index contributed by atoms with van der Waals surface area (Å²) in [5, 5.41) is 14.9. The molecule has 2 heterocycles. The van der Waals surface area contributed by atoms with E-state index in [-0.39, 0.29) is 11.6 Å². The Hall–Kier alpha value is -1.47. The Morgan fingerprint density at radius 2 is 2.37 bits per heavy atom. The van der Waals surface area contributed by atoms with E-state index in [1.54, 1.807) is 5.01 Å². The van der Waals surface area contributed by atoms with Gasteiger partial charge in [0, 0.05) is 37.9 Å². The number of carboxylic acids is 1. The van der Waals surface area contributed by atoms with Crippen molar-refractivity contribution in [2.45, 2.75) is 26.2 Å². The first-order chi connectivity index (χ1) is 9.11. The summed E-state index contributed by atoms with van der Waals surface area (Å²) >= 11 is 1.33. The number of rotatable bonds is 5. The van der Waals surface area contributed by atoms with E-state index >= 15 is 0 Å².